The quantitative estimate of drug-likeness (QED) is 0.851. The third-order valence-electron chi connectivity index (χ3n) is 5.81. The number of rotatable bonds is 5. The summed E-state index contributed by atoms with van der Waals surface area (Å²) in [5.74, 6) is -0.104. The van der Waals surface area contributed by atoms with Crippen LogP contribution in [0.4, 0.5) is 0 Å². The lowest BCUT2D eigenvalue weighted by Crippen LogP contribution is -2.52. The van der Waals surface area contributed by atoms with Gasteiger partial charge in [-0.05, 0) is 25.3 Å². The minimum absolute atomic E-state index is 0.144. The Balaban J connectivity index is 1.80. The third kappa shape index (κ3) is 3.59. The second-order valence-electron chi connectivity index (χ2n) is 7.35. The van der Waals surface area contributed by atoms with E-state index in [1.165, 1.54) is 0 Å². The summed E-state index contributed by atoms with van der Waals surface area (Å²) in [6.45, 7) is 3.51. The Bertz CT molecular complexity index is 570. The molecule has 1 aliphatic carbocycles. The predicted molar refractivity (Wildman–Crippen MR) is 95.2 cm³/mol. The molecule has 0 bridgehead atoms. The number of aliphatic hydroxyl groups excluding tert-OH is 2. The van der Waals surface area contributed by atoms with Gasteiger partial charge in [-0.3, -0.25) is 4.79 Å². The number of carbonyl (C=O) groups is 1. The summed E-state index contributed by atoms with van der Waals surface area (Å²) in [7, 11) is 0. The molecule has 138 valence electrons. The molecule has 25 heavy (non-hydrogen) atoms. The highest BCUT2D eigenvalue weighted by atomic mass is 16.5. The first-order valence-corrected chi connectivity index (χ1v) is 9.37. The van der Waals surface area contributed by atoms with Crippen LogP contribution in [0.2, 0.25) is 0 Å². The van der Waals surface area contributed by atoms with Gasteiger partial charge in [0.1, 0.15) is 6.10 Å². The van der Waals surface area contributed by atoms with E-state index in [9.17, 15) is 15.0 Å². The Morgan fingerprint density at radius 1 is 1.20 bits per heavy atom. The monoisotopic (exact) mass is 347 g/mol. The Morgan fingerprint density at radius 2 is 1.88 bits per heavy atom. The first-order chi connectivity index (χ1) is 12.1. The van der Waals surface area contributed by atoms with E-state index < -0.39 is 17.6 Å². The van der Waals surface area contributed by atoms with Crippen molar-refractivity contribution < 1.29 is 19.7 Å². The van der Waals surface area contributed by atoms with E-state index in [0.29, 0.717) is 19.7 Å². The lowest BCUT2D eigenvalue weighted by atomic mass is 9.77. The molecule has 2 aliphatic rings. The highest BCUT2D eigenvalue weighted by Gasteiger charge is 2.45. The van der Waals surface area contributed by atoms with Gasteiger partial charge in [0.15, 0.2) is 0 Å². The normalized spacial score (nSPS) is 28.7. The van der Waals surface area contributed by atoms with Crippen LogP contribution in [0.25, 0.3) is 0 Å². The van der Waals surface area contributed by atoms with Gasteiger partial charge >= 0.3 is 0 Å². The topological polar surface area (TPSA) is 70.0 Å². The standard InChI is InChI=1S/C20H29NO4/c1-2-21(12-15-13-25-14-17(22)18(15)23)19(24)20(10-6-7-11-20)16-8-4-3-5-9-16/h3-5,8-9,15,17-18,22-23H,2,6-7,10-14H2,1H3/t15-,17-,18+/m1/s1. The van der Waals surface area contributed by atoms with Crippen LogP contribution in [0, 0.1) is 5.92 Å². The molecule has 1 aromatic carbocycles. The van der Waals surface area contributed by atoms with Gasteiger partial charge in [0.2, 0.25) is 5.91 Å². The van der Waals surface area contributed by atoms with E-state index in [-0.39, 0.29) is 18.4 Å². The van der Waals surface area contributed by atoms with Gasteiger partial charge in [0.05, 0.1) is 24.7 Å². The lowest BCUT2D eigenvalue weighted by molar-refractivity contribution is -0.146. The Labute approximate surface area is 149 Å². The maximum atomic E-state index is 13.5. The smallest absolute Gasteiger partial charge is 0.233 e. The second kappa shape index (κ2) is 7.85. The zero-order valence-electron chi connectivity index (χ0n) is 14.9. The molecular weight excluding hydrogens is 318 g/mol. The maximum Gasteiger partial charge on any atom is 0.233 e. The second-order valence-corrected chi connectivity index (χ2v) is 7.35. The molecule has 3 rings (SSSR count). The molecule has 1 saturated carbocycles. The number of amides is 1. The Hall–Kier alpha value is -1.43. The molecule has 3 atom stereocenters. The number of hydrogen-bond acceptors (Lipinski definition) is 4. The number of aliphatic hydroxyl groups is 2. The third-order valence-corrected chi connectivity index (χ3v) is 5.81. The van der Waals surface area contributed by atoms with Gasteiger partial charge in [0.25, 0.3) is 0 Å². The van der Waals surface area contributed by atoms with Gasteiger partial charge in [-0.25, -0.2) is 0 Å². The summed E-state index contributed by atoms with van der Waals surface area (Å²) in [5.41, 5.74) is 0.646. The van der Waals surface area contributed by atoms with Crippen LogP contribution in [0.5, 0.6) is 0 Å². The summed E-state index contributed by atoms with van der Waals surface area (Å²) in [6, 6.07) is 10.1. The van der Waals surface area contributed by atoms with E-state index >= 15 is 0 Å². The minimum atomic E-state index is -0.873. The number of likely N-dealkylation sites (N-methyl/N-ethyl adjacent to an activating group) is 1. The predicted octanol–water partition coefficient (Wildman–Crippen LogP) is 1.72. The summed E-state index contributed by atoms with van der Waals surface area (Å²) in [4.78, 5) is 15.3. The number of hydrogen-bond donors (Lipinski definition) is 2. The van der Waals surface area contributed by atoms with E-state index in [4.69, 9.17) is 4.74 Å². The summed E-state index contributed by atoms with van der Waals surface area (Å²) < 4.78 is 5.38. The number of ether oxygens (including phenoxy) is 1. The van der Waals surface area contributed by atoms with Crippen LogP contribution in [0.3, 0.4) is 0 Å². The average Bonchev–Trinajstić information content (AvgIpc) is 3.14. The SMILES string of the molecule is CCN(C[C@@H]1COC[C@@H](O)[C@H]1O)C(=O)C1(c2ccccc2)CCCC1. The molecule has 0 aromatic heterocycles. The van der Waals surface area contributed by atoms with E-state index in [2.05, 4.69) is 12.1 Å². The fourth-order valence-electron chi connectivity index (χ4n) is 4.32. The zero-order valence-corrected chi connectivity index (χ0v) is 14.9. The van der Waals surface area contributed by atoms with Crippen molar-refractivity contribution in [3.05, 3.63) is 35.9 Å². The van der Waals surface area contributed by atoms with E-state index in [1.807, 2.05) is 30.0 Å². The first kappa shape index (κ1) is 18.4. The fourth-order valence-corrected chi connectivity index (χ4v) is 4.32. The van der Waals surface area contributed by atoms with Crippen LogP contribution in [-0.2, 0) is 14.9 Å². The maximum absolute atomic E-state index is 13.5. The van der Waals surface area contributed by atoms with E-state index in [1.54, 1.807) is 0 Å². The molecule has 5 heteroatoms. The highest BCUT2D eigenvalue weighted by Crippen LogP contribution is 2.42. The molecule has 0 unspecified atom stereocenters. The highest BCUT2D eigenvalue weighted by molar-refractivity contribution is 5.88. The van der Waals surface area contributed by atoms with Crippen LogP contribution < -0.4 is 0 Å². The number of nitrogens with zero attached hydrogens (tertiary/aromatic N) is 1. The summed E-state index contributed by atoms with van der Waals surface area (Å²) in [5, 5.41) is 20.1. The summed E-state index contributed by atoms with van der Waals surface area (Å²) >= 11 is 0. The molecule has 1 aliphatic heterocycles. The van der Waals surface area contributed by atoms with Crippen LogP contribution in [0.15, 0.2) is 30.3 Å². The van der Waals surface area contributed by atoms with Gasteiger partial charge < -0.3 is 19.8 Å². The summed E-state index contributed by atoms with van der Waals surface area (Å²) in [6.07, 6.45) is 2.16. The van der Waals surface area contributed by atoms with Crippen LogP contribution in [0.1, 0.15) is 38.2 Å². The van der Waals surface area contributed by atoms with Crippen molar-refractivity contribution in [2.45, 2.75) is 50.2 Å². The lowest BCUT2D eigenvalue weighted by Gasteiger charge is -2.39. The van der Waals surface area contributed by atoms with Gasteiger partial charge in [0, 0.05) is 19.0 Å². The van der Waals surface area contributed by atoms with Crippen molar-refractivity contribution in [2.75, 3.05) is 26.3 Å². The molecule has 1 amide bonds. The molecule has 2 N–H and O–H groups in total. The van der Waals surface area contributed by atoms with Crippen molar-refractivity contribution >= 4 is 5.91 Å². The molecule has 0 radical (unpaired) electrons. The molecular formula is C20H29NO4. The van der Waals surface area contributed by atoms with Gasteiger partial charge in [-0.1, -0.05) is 43.2 Å². The Morgan fingerprint density at radius 3 is 2.52 bits per heavy atom. The van der Waals surface area contributed by atoms with Gasteiger partial charge in [-0.15, -0.1) is 0 Å². The molecule has 1 saturated heterocycles. The molecule has 5 nitrogen and oxygen atoms in total. The minimum Gasteiger partial charge on any atom is -0.390 e. The van der Waals surface area contributed by atoms with Crippen molar-refractivity contribution in [1.29, 1.82) is 0 Å². The molecule has 0 spiro atoms. The largest absolute Gasteiger partial charge is 0.390 e. The van der Waals surface area contributed by atoms with Gasteiger partial charge in [-0.2, -0.15) is 0 Å². The van der Waals surface area contributed by atoms with Crippen LogP contribution in [-0.4, -0.2) is 59.5 Å². The fraction of sp³-hybridized carbons (Fsp3) is 0.650. The van der Waals surface area contributed by atoms with Crippen molar-refractivity contribution in [3.63, 3.8) is 0 Å². The molecule has 2 fully saturated rings. The molecule has 1 heterocycles. The number of carbonyl (C=O) groups excluding carboxylic acids is 1. The number of benzene rings is 1. The van der Waals surface area contributed by atoms with Crippen molar-refractivity contribution in [1.82, 2.24) is 4.90 Å². The zero-order chi connectivity index (χ0) is 17.9. The van der Waals surface area contributed by atoms with Crippen molar-refractivity contribution in [3.8, 4) is 0 Å². The molecule has 1 aromatic rings. The first-order valence-electron chi connectivity index (χ1n) is 9.37. The Kier molecular flexibility index (Phi) is 5.77. The van der Waals surface area contributed by atoms with E-state index in [0.717, 1.165) is 31.2 Å². The van der Waals surface area contributed by atoms with Crippen LogP contribution >= 0.6 is 0 Å². The van der Waals surface area contributed by atoms with Crippen molar-refractivity contribution in [2.24, 2.45) is 5.92 Å². The average molecular weight is 347 g/mol.